The zero-order valence-corrected chi connectivity index (χ0v) is 26.5. The molecule has 0 aliphatic carbocycles. The molecule has 2 saturated heterocycles. The first-order valence-electron chi connectivity index (χ1n) is 15.2. The summed E-state index contributed by atoms with van der Waals surface area (Å²) in [7, 11) is 0. The van der Waals surface area contributed by atoms with Crippen LogP contribution in [0.25, 0.3) is 10.8 Å². The summed E-state index contributed by atoms with van der Waals surface area (Å²) >= 11 is 0. The Morgan fingerprint density at radius 3 is 2.49 bits per heavy atom. The number of amides is 3. The third-order valence-electron chi connectivity index (χ3n) is 7.49. The fraction of sp³-hybridized carbons (Fsp3) is 0.545. The molecule has 0 spiro atoms. The van der Waals surface area contributed by atoms with Gasteiger partial charge >= 0.3 is 6.09 Å². The second kappa shape index (κ2) is 13.6. The lowest BCUT2D eigenvalue weighted by Crippen LogP contribution is -2.47. The quantitative estimate of drug-likeness (QED) is 0.460. The van der Waals surface area contributed by atoms with Gasteiger partial charge in [-0.1, -0.05) is 11.8 Å². The first-order valence-corrected chi connectivity index (χ1v) is 15.2. The van der Waals surface area contributed by atoms with Crippen molar-refractivity contribution in [3.8, 4) is 29.5 Å². The summed E-state index contributed by atoms with van der Waals surface area (Å²) < 4.78 is 17.7. The number of likely N-dealkylation sites (tertiary alicyclic amines) is 2. The molecule has 3 N–H and O–H groups in total. The van der Waals surface area contributed by atoms with Gasteiger partial charge in [0.25, 0.3) is 5.91 Å². The molecule has 12 heteroatoms. The fourth-order valence-corrected chi connectivity index (χ4v) is 5.27. The van der Waals surface area contributed by atoms with E-state index >= 15 is 0 Å². The highest BCUT2D eigenvalue weighted by atomic mass is 16.6. The highest BCUT2D eigenvalue weighted by molar-refractivity contribution is 6.03. The number of nitriles is 1. The largest absolute Gasteiger partial charge is 0.490 e. The molecule has 240 valence electrons. The van der Waals surface area contributed by atoms with Gasteiger partial charge in [-0.2, -0.15) is 5.26 Å². The second-order valence-corrected chi connectivity index (χ2v) is 12.7. The Kier molecular flexibility index (Phi) is 10.1. The first-order chi connectivity index (χ1) is 21.2. The third-order valence-corrected chi connectivity index (χ3v) is 7.49. The van der Waals surface area contributed by atoms with Gasteiger partial charge < -0.3 is 34.9 Å². The molecule has 3 heterocycles. The minimum Gasteiger partial charge on any atom is -0.490 e. The Hall–Kier alpha value is -4.55. The van der Waals surface area contributed by atoms with Gasteiger partial charge in [0, 0.05) is 49.4 Å². The highest BCUT2D eigenvalue weighted by Crippen LogP contribution is 2.35. The number of carbonyl (C=O) groups excluding carboxylic acids is 3. The van der Waals surface area contributed by atoms with E-state index in [-0.39, 0.29) is 67.7 Å². The molecule has 1 atom stereocenters. The fourth-order valence-electron chi connectivity index (χ4n) is 5.27. The molecule has 0 saturated carbocycles. The molecule has 45 heavy (non-hydrogen) atoms. The Morgan fingerprint density at radius 1 is 1.16 bits per heavy atom. The molecular formula is C33H41N5O7. The van der Waals surface area contributed by atoms with Crippen molar-refractivity contribution in [1.82, 2.24) is 14.8 Å². The molecular weight excluding hydrogens is 578 g/mol. The summed E-state index contributed by atoms with van der Waals surface area (Å²) in [5.41, 5.74) is 4.35. The van der Waals surface area contributed by atoms with E-state index in [1.54, 1.807) is 42.7 Å². The van der Waals surface area contributed by atoms with Crippen LogP contribution in [0.5, 0.6) is 11.6 Å². The maximum Gasteiger partial charge on any atom is 0.410 e. The molecule has 2 aliphatic rings. The minimum absolute atomic E-state index is 0.159. The van der Waals surface area contributed by atoms with Gasteiger partial charge in [0.2, 0.25) is 11.8 Å². The van der Waals surface area contributed by atoms with Gasteiger partial charge in [-0.05, 0) is 59.6 Å². The smallest absolute Gasteiger partial charge is 0.410 e. The summed E-state index contributed by atoms with van der Waals surface area (Å²) in [6, 6.07) is 5.14. The van der Waals surface area contributed by atoms with Gasteiger partial charge in [0.05, 0.1) is 29.8 Å². The maximum atomic E-state index is 12.5. The SMILES string of the molecule is CC(C)Oc1cc2c(O[C@@H]3CCCN(C(=O)CC#N)C3)ncc(C#CC3(O)CCN(C(=O)OC(C)(C)C)CC3)c2cc1C(N)=O. The number of piperidine rings is 2. The number of hydrogen-bond acceptors (Lipinski definition) is 9. The van der Waals surface area contributed by atoms with Crippen molar-refractivity contribution in [2.24, 2.45) is 5.73 Å². The second-order valence-electron chi connectivity index (χ2n) is 12.7. The van der Waals surface area contributed by atoms with Crippen LogP contribution in [-0.4, -0.2) is 87.4 Å². The van der Waals surface area contributed by atoms with Gasteiger partial charge in [-0.15, -0.1) is 0 Å². The number of hydrogen-bond donors (Lipinski definition) is 2. The van der Waals surface area contributed by atoms with E-state index in [2.05, 4.69) is 16.8 Å². The molecule has 3 amide bonds. The van der Waals surface area contributed by atoms with E-state index < -0.39 is 23.2 Å². The van der Waals surface area contributed by atoms with Crippen LogP contribution >= 0.6 is 0 Å². The lowest BCUT2D eigenvalue weighted by atomic mass is 9.91. The molecule has 12 nitrogen and oxygen atoms in total. The molecule has 0 bridgehead atoms. The number of ether oxygens (including phenoxy) is 3. The van der Waals surface area contributed by atoms with Crippen molar-refractivity contribution < 1.29 is 33.7 Å². The van der Waals surface area contributed by atoms with Gasteiger partial charge in [-0.3, -0.25) is 9.59 Å². The Morgan fingerprint density at radius 2 is 1.87 bits per heavy atom. The van der Waals surface area contributed by atoms with Crippen LogP contribution in [0.4, 0.5) is 4.79 Å². The summed E-state index contributed by atoms with van der Waals surface area (Å²) in [4.78, 5) is 45.0. The number of fused-ring (bicyclic) bond motifs is 1. The summed E-state index contributed by atoms with van der Waals surface area (Å²) in [6.07, 6.45) is 2.12. The lowest BCUT2D eigenvalue weighted by molar-refractivity contribution is -0.132. The average Bonchev–Trinajstić information content (AvgIpc) is 2.96. The molecule has 2 fully saturated rings. The van der Waals surface area contributed by atoms with Crippen molar-refractivity contribution in [2.45, 2.75) is 90.1 Å². The van der Waals surface area contributed by atoms with E-state index in [9.17, 15) is 19.5 Å². The topological polar surface area (TPSA) is 168 Å². The van der Waals surface area contributed by atoms with Crippen LogP contribution in [0.1, 0.15) is 82.6 Å². The predicted molar refractivity (Wildman–Crippen MR) is 165 cm³/mol. The standard InChI is InChI=1S/C33H41N5O7/c1-21(2)43-27-18-25-24(17-26(27)29(35)40)22(8-10-33(42)11-15-37(16-12-33)31(41)45-32(3,4)5)19-36-30(25)44-23-7-6-14-38(20-23)28(39)9-13-34/h17-19,21,23,42H,6-7,9,11-12,14-16,20H2,1-5H3,(H2,35,40)/t23-/m1/s1. The number of nitrogens with zero attached hydrogens (tertiary/aromatic N) is 4. The van der Waals surface area contributed by atoms with Crippen LogP contribution in [0, 0.1) is 23.2 Å². The Bertz CT molecular complexity index is 1560. The first kappa shape index (κ1) is 33.3. The average molecular weight is 620 g/mol. The van der Waals surface area contributed by atoms with E-state index in [1.165, 1.54) is 6.20 Å². The Labute approximate surface area is 263 Å². The van der Waals surface area contributed by atoms with Crippen molar-refractivity contribution in [3.05, 3.63) is 29.5 Å². The van der Waals surface area contributed by atoms with Crippen molar-refractivity contribution >= 4 is 28.7 Å². The van der Waals surface area contributed by atoms with Crippen LogP contribution in [0.3, 0.4) is 0 Å². The van der Waals surface area contributed by atoms with Crippen LogP contribution in [0.2, 0.25) is 0 Å². The molecule has 2 aromatic rings. The summed E-state index contributed by atoms with van der Waals surface area (Å²) in [5.74, 6) is 5.62. The number of rotatable bonds is 6. The van der Waals surface area contributed by atoms with Crippen LogP contribution in [0.15, 0.2) is 18.3 Å². The lowest BCUT2D eigenvalue weighted by Gasteiger charge is -2.35. The molecule has 4 rings (SSSR count). The number of pyridine rings is 1. The van der Waals surface area contributed by atoms with Crippen LogP contribution < -0.4 is 15.2 Å². The predicted octanol–water partition coefficient (Wildman–Crippen LogP) is 3.52. The number of nitrogens with two attached hydrogens (primary N) is 1. The molecule has 1 aromatic carbocycles. The highest BCUT2D eigenvalue weighted by Gasteiger charge is 2.34. The zero-order valence-electron chi connectivity index (χ0n) is 26.5. The number of primary amides is 1. The van der Waals surface area contributed by atoms with Gasteiger partial charge in [0.1, 0.15) is 29.5 Å². The third kappa shape index (κ3) is 8.55. The van der Waals surface area contributed by atoms with E-state index in [0.717, 1.165) is 0 Å². The van der Waals surface area contributed by atoms with Crippen molar-refractivity contribution in [1.29, 1.82) is 5.26 Å². The number of aliphatic hydroxyl groups is 1. The van der Waals surface area contributed by atoms with Crippen molar-refractivity contribution in [2.75, 3.05) is 26.2 Å². The number of benzene rings is 1. The minimum atomic E-state index is -1.35. The summed E-state index contributed by atoms with van der Waals surface area (Å²) in [5, 5.41) is 21.3. The molecule has 2 aliphatic heterocycles. The normalized spacial score (nSPS) is 18.0. The van der Waals surface area contributed by atoms with E-state index in [4.69, 9.17) is 25.2 Å². The van der Waals surface area contributed by atoms with Gasteiger partial charge in [0.15, 0.2) is 0 Å². The van der Waals surface area contributed by atoms with Gasteiger partial charge in [-0.25, -0.2) is 9.78 Å². The maximum absolute atomic E-state index is 12.5. The molecule has 0 radical (unpaired) electrons. The Balaban J connectivity index is 1.67. The van der Waals surface area contributed by atoms with E-state index in [0.29, 0.717) is 42.3 Å². The molecule has 1 aromatic heterocycles. The zero-order chi connectivity index (χ0) is 32.9. The molecule has 0 unspecified atom stereocenters. The van der Waals surface area contributed by atoms with E-state index in [1.807, 2.05) is 19.9 Å². The number of aromatic nitrogens is 1. The monoisotopic (exact) mass is 619 g/mol. The number of carbonyl (C=O) groups is 3. The van der Waals surface area contributed by atoms with Crippen molar-refractivity contribution in [3.63, 3.8) is 0 Å². The summed E-state index contributed by atoms with van der Waals surface area (Å²) in [6.45, 7) is 10.5. The van der Waals surface area contributed by atoms with Crippen LogP contribution in [-0.2, 0) is 9.53 Å².